The van der Waals surface area contributed by atoms with E-state index in [0.717, 1.165) is 11.3 Å². The Labute approximate surface area is 156 Å². The zero-order valence-electron chi connectivity index (χ0n) is 14.1. The molecule has 2 aromatic carbocycles. The molecule has 0 saturated carbocycles. The fourth-order valence-corrected chi connectivity index (χ4v) is 4.95. The Kier molecular flexibility index (Phi) is 4.34. The van der Waals surface area contributed by atoms with Crippen LogP contribution < -0.4 is 4.90 Å². The molecule has 0 bridgehead atoms. The molecule has 0 aliphatic carbocycles. The molecule has 1 aromatic heterocycles. The number of fused-ring (bicyclic) bond motifs is 1. The second-order valence-corrected chi connectivity index (χ2v) is 8.55. The topological polar surface area (TPSA) is 79.5 Å². The van der Waals surface area contributed by atoms with Crippen molar-refractivity contribution in [3.05, 3.63) is 47.0 Å². The Bertz CT molecular complexity index is 1060. The minimum atomic E-state index is -3.66. The average molecular weight is 393 g/mol. The molecule has 0 N–H and O–H groups in total. The molecule has 1 aliphatic heterocycles. The van der Waals surface area contributed by atoms with Crippen molar-refractivity contribution in [2.45, 2.75) is 11.8 Å². The second-order valence-electron chi connectivity index (χ2n) is 6.21. The van der Waals surface area contributed by atoms with Gasteiger partial charge in [0.1, 0.15) is 10.4 Å². The van der Waals surface area contributed by atoms with Gasteiger partial charge < -0.3 is 4.90 Å². The first-order valence-corrected chi connectivity index (χ1v) is 10.0. The molecule has 7 nitrogen and oxygen atoms in total. The maximum absolute atomic E-state index is 13.0. The highest BCUT2D eigenvalue weighted by atomic mass is 35.5. The molecule has 26 heavy (non-hydrogen) atoms. The summed E-state index contributed by atoms with van der Waals surface area (Å²) in [6.45, 7) is 3.97. The first-order valence-electron chi connectivity index (χ1n) is 8.19. The first kappa shape index (κ1) is 17.3. The van der Waals surface area contributed by atoms with E-state index in [0.29, 0.717) is 36.7 Å². The summed E-state index contributed by atoms with van der Waals surface area (Å²) in [7, 11) is -3.66. The minimum absolute atomic E-state index is 0.128. The number of anilines is 1. The molecule has 0 amide bonds. The van der Waals surface area contributed by atoms with E-state index in [1.807, 2.05) is 25.1 Å². The minimum Gasteiger partial charge on any atom is -0.369 e. The summed E-state index contributed by atoms with van der Waals surface area (Å²) in [4.78, 5) is 2.29. The summed E-state index contributed by atoms with van der Waals surface area (Å²) >= 11 is 6.11. The number of sulfonamides is 1. The van der Waals surface area contributed by atoms with Crippen molar-refractivity contribution in [3.63, 3.8) is 0 Å². The summed E-state index contributed by atoms with van der Waals surface area (Å²) in [5.74, 6) is 0. The van der Waals surface area contributed by atoms with Crippen LogP contribution in [-0.4, -0.2) is 49.2 Å². The molecule has 1 fully saturated rings. The van der Waals surface area contributed by atoms with Crippen LogP contribution in [0.15, 0.2) is 45.9 Å². The Morgan fingerprint density at radius 3 is 2.62 bits per heavy atom. The van der Waals surface area contributed by atoms with Gasteiger partial charge in [-0.25, -0.2) is 13.0 Å². The molecule has 136 valence electrons. The largest absolute Gasteiger partial charge is 0.369 e. The number of aromatic nitrogens is 2. The molecule has 0 unspecified atom stereocenters. The molecule has 4 rings (SSSR count). The van der Waals surface area contributed by atoms with Crippen LogP contribution in [0.1, 0.15) is 5.56 Å². The zero-order chi connectivity index (χ0) is 18.3. The zero-order valence-corrected chi connectivity index (χ0v) is 15.7. The third-order valence-electron chi connectivity index (χ3n) is 4.62. The van der Waals surface area contributed by atoms with Crippen LogP contribution in [0.4, 0.5) is 5.69 Å². The molecular formula is C17H17ClN4O3S. The SMILES string of the molecule is Cc1ccc(Cl)cc1N1CCN(S(=O)(=O)c2cccc3nonc23)CC1. The van der Waals surface area contributed by atoms with E-state index in [9.17, 15) is 8.42 Å². The van der Waals surface area contributed by atoms with Crippen molar-refractivity contribution in [3.8, 4) is 0 Å². The maximum Gasteiger partial charge on any atom is 0.245 e. The third-order valence-corrected chi connectivity index (χ3v) is 6.78. The van der Waals surface area contributed by atoms with Crippen molar-refractivity contribution in [2.24, 2.45) is 0 Å². The molecule has 0 spiro atoms. The predicted molar refractivity (Wildman–Crippen MR) is 99.0 cm³/mol. The lowest BCUT2D eigenvalue weighted by molar-refractivity contribution is 0.315. The molecule has 0 atom stereocenters. The van der Waals surface area contributed by atoms with Crippen LogP contribution in [0.3, 0.4) is 0 Å². The Morgan fingerprint density at radius 1 is 1.08 bits per heavy atom. The average Bonchev–Trinajstić information content (AvgIpc) is 3.12. The Morgan fingerprint density at radius 2 is 1.85 bits per heavy atom. The van der Waals surface area contributed by atoms with Gasteiger partial charge in [-0.3, -0.25) is 0 Å². The fraction of sp³-hybridized carbons (Fsp3) is 0.294. The lowest BCUT2D eigenvalue weighted by Gasteiger charge is -2.36. The predicted octanol–water partition coefficient (Wildman–Crippen LogP) is 2.70. The maximum atomic E-state index is 13.0. The smallest absolute Gasteiger partial charge is 0.245 e. The number of aryl methyl sites for hydroxylation is 1. The van der Waals surface area contributed by atoms with Crippen LogP contribution in [0.5, 0.6) is 0 Å². The van der Waals surface area contributed by atoms with E-state index in [4.69, 9.17) is 11.6 Å². The molecule has 1 saturated heterocycles. The summed E-state index contributed by atoms with van der Waals surface area (Å²) in [6.07, 6.45) is 0. The van der Waals surface area contributed by atoms with Crippen LogP contribution in [0, 0.1) is 6.92 Å². The standard InChI is InChI=1S/C17H17ClN4O3S/c1-12-5-6-13(18)11-15(12)21-7-9-22(10-8-21)26(23,24)16-4-2-3-14-17(16)20-25-19-14/h2-6,11H,7-10H2,1H3. The number of halogens is 1. The molecule has 9 heteroatoms. The monoisotopic (exact) mass is 392 g/mol. The number of piperazine rings is 1. The van der Waals surface area contributed by atoms with Crippen LogP contribution in [0.2, 0.25) is 5.02 Å². The van der Waals surface area contributed by atoms with Gasteiger partial charge >= 0.3 is 0 Å². The van der Waals surface area contributed by atoms with Gasteiger partial charge in [0.2, 0.25) is 10.0 Å². The fourth-order valence-electron chi connectivity index (χ4n) is 3.22. The second kappa shape index (κ2) is 6.53. The van der Waals surface area contributed by atoms with E-state index in [-0.39, 0.29) is 10.4 Å². The highest BCUT2D eigenvalue weighted by molar-refractivity contribution is 7.89. The normalized spacial score (nSPS) is 16.3. The van der Waals surface area contributed by atoms with E-state index >= 15 is 0 Å². The van der Waals surface area contributed by atoms with Crippen molar-refractivity contribution in [1.82, 2.24) is 14.6 Å². The summed E-state index contributed by atoms with van der Waals surface area (Å²) in [5, 5.41) is 8.14. The Balaban J connectivity index is 1.58. The van der Waals surface area contributed by atoms with Gasteiger partial charge in [0.15, 0.2) is 5.52 Å². The van der Waals surface area contributed by atoms with Crippen LogP contribution in [0.25, 0.3) is 11.0 Å². The van der Waals surface area contributed by atoms with Crippen molar-refractivity contribution in [2.75, 3.05) is 31.1 Å². The van der Waals surface area contributed by atoms with Gasteiger partial charge in [-0.05, 0) is 47.1 Å². The van der Waals surface area contributed by atoms with E-state index in [1.165, 1.54) is 10.4 Å². The van der Waals surface area contributed by atoms with E-state index < -0.39 is 10.0 Å². The van der Waals surface area contributed by atoms with Crippen molar-refractivity contribution >= 4 is 38.3 Å². The lowest BCUT2D eigenvalue weighted by atomic mass is 10.1. The van der Waals surface area contributed by atoms with Gasteiger partial charge in [0.25, 0.3) is 0 Å². The van der Waals surface area contributed by atoms with Crippen LogP contribution in [-0.2, 0) is 10.0 Å². The molecule has 3 aromatic rings. The van der Waals surface area contributed by atoms with E-state index in [2.05, 4.69) is 19.8 Å². The lowest BCUT2D eigenvalue weighted by Crippen LogP contribution is -2.48. The number of hydrogen-bond donors (Lipinski definition) is 0. The summed E-state index contributed by atoms with van der Waals surface area (Å²) in [6, 6.07) is 10.6. The first-order chi connectivity index (χ1) is 12.5. The van der Waals surface area contributed by atoms with E-state index in [1.54, 1.807) is 12.1 Å². The molecule has 2 heterocycles. The molecule has 0 radical (unpaired) electrons. The van der Waals surface area contributed by atoms with Gasteiger partial charge in [0, 0.05) is 36.9 Å². The van der Waals surface area contributed by atoms with Gasteiger partial charge in [-0.2, -0.15) is 4.31 Å². The highest BCUT2D eigenvalue weighted by Gasteiger charge is 2.31. The van der Waals surface area contributed by atoms with Gasteiger partial charge in [-0.15, -0.1) is 0 Å². The van der Waals surface area contributed by atoms with Gasteiger partial charge in [-0.1, -0.05) is 23.7 Å². The number of nitrogens with zero attached hydrogens (tertiary/aromatic N) is 4. The highest BCUT2D eigenvalue weighted by Crippen LogP contribution is 2.28. The molecule has 1 aliphatic rings. The van der Waals surface area contributed by atoms with Crippen molar-refractivity contribution in [1.29, 1.82) is 0 Å². The quantitative estimate of drug-likeness (QED) is 0.681. The molecular weight excluding hydrogens is 376 g/mol. The van der Waals surface area contributed by atoms with Crippen molar-refractivity contribution < 1.29 is 13.0 Å². The summed E-state index contributed by atoms with van der Waals surface area (Å²) < 4.78 is 32.2. The van der Waals surface area contributed by atoms with Crippen LogP contribution >= 0.6 is 11.6 Å². The Hall–Kier alpha value is -2.16. The summed E-state index contributed by atoms with van der Waals surface area (Å²) in [5.41, 5.74) is 2.85. The third kappa shape index (κ3) is 2.94. The van der Waals surface area contributed by atoms with Gasteiger partial charge in [0.05, 0.1) is 0 Å². The number of rotatable bonds is 3. The number of benzene rings is 2. The number of hydrogen-bond acceptors (Lipinski definition) is 6.